The van der Waals surface area contributed by atoms with E-state index in [4.69, 9.17) is 4.74 Å². The number of rotatable bonds is 14. The Morgan fingerprint density at radius 1 is 0.824 bits per heavy atom. The van der Waals surface area contributed by atoms with Crippen LogP contribution < -0.4 is 10.6 Å². The first kappa shape index (κ1) is 37.1. The molecular formula is C43H57N3O5. The third-order valence-electron chi connectivity index (χ3n) is 11.7. The van der Waals surface area contributed by atoms with E-state index in [1.807, 2.05) is 91.0 Å². The van der Waals surface area contributed by atoms with E-state index in [-0.39, 0.29) is 36.7 Å². The molecular weight excluding hydrogens is 638 g/mol. The Hall–Kier alpha value is -3.72. The maximum absolute atomic E-state index is 13.5. The zero-order chi connectivity index (χ0) is 35.8. The molecule has 0 aromatic heterocycles. The van der Waals surface area contributed by atoms with Crippen molar-refractivity contribution in [2.75, 3.05) is 13.2 Å². The van der Waals surface area contributed by atoms with Gasteiger partial charge in [0.2, 0.25) is 0 Å². The van der Waals surface area contributed by atoms with Crippen LogP contribution in [-0.2, 0) is 15.1 Å². The highest BCUT2D eigenvalue weighted by atomic mass is 16.5. The predicted molar refractivity (Wildman–Crippen MR) is 200 cm³/mol. The van der Waals surface area contributed by atoms with Crippen molar-refractivity contribution in [3.8, 4) is 0 Å². The number of carbonyl (C=O) groups excluding carboxylic acids is 2. The van der Waals surface area contributed by atoms with Crippen molar-refractivity contribution in [1.29, 1.82) is 0 Å². The Balaban J connectivity index is 0.974. The van der Waals surface area contributed by atoms with Crippen LogP contribution in [0.15, 0.2) is 91.0 Å². The van der Waals surface area contributed by atoms with Crippen molar-refractivity contribution < 1.29 is 24.5 Å². The fourth-order valence-electron chi connectivity index (χ4n) is 9.00. The van der Waals surface area contributed by atoms with Gasteiger partial charge in [-0.2, -0.15) is 0 Å². The average molecular weight is 696 g/mol. The zero-order valence-electron chi connectivity index (χ0n) is 30.3. The number of carbonyl (C=O) groups is 2. The van der Waals surface area contributed by atoms with Crippen molar-refractivity contribution in [3.63, 3.8) is 0 Å². The molecule has 2 bridgehead atoms. The molecule has 8 nitrogen and oxygen atoms in total. The summed E-state index contributed by atoms with van der Waals surface area (Å²) in [6, 6.07) is 29.0. The van der Waals surface area contributed by atoms with E-state index in [0.717, 1.165) is 81.0 Å². The van der Waals surface area contributed by atoms with Gasteiger partial charge in [0.15, 0.2) is 0 Å². The molecule has 6 rings (SSSR count). The van der Waals surface area contributed by atoms with E-state index in [2.05, 4.69) is 29.4 Å². The van der Waals surface area contributed by atoms with Gasteiger partial charge in [0, 0.05) is 31.0 Å². The molecule has 2 aliphatic heterocycles. The minimum atomic E-state index is -1.37. The molecule has 3 aliphatic rings. The molecule has 3 aromatic rings. The molecule has 8 heteroatoms. The molecule has 2 saturated heterocycles. The number of aliphatic hydroxyl groups is 2. The number of nitrogens with one attached hydrogen (secondary N) is 2. The van der Waals surface area contributed by atoms with Crippen LogP contribution in [0.2, 0.25) is 0 Å². The van der Waals surface area contributed by atoms with E-state index in [0.29, 0.717) is 24.4 Å². The lowest BCUT2D eigenvalue weighted by Gasteiger charge is -2.40. The summed E-state index contributed by atoms with van der Waals surface area (Å²) >= 11 is 0. The number of benzene rings is 3. The SMILES string of the molecule is CC(C)C[C@H](NC(=O)NC1CCC(CCN2[C@@H]3CC[C@H]2CC(OC(=O)C(CO)c2ccccc2)C3)CC1)C(O)(c1ccccc1)c1ccccc1. The van der Waals surface area contributed by atoms with Gasteiger partial charge in [-0.15, -0.1) is 0 Å². The molecule has 3 aromatic carbocycles. The summed E-state index contributed by atoms with van der Waals surface area (Å²) in [7, 11) is 0. The van der Waals surface area contributed by atoms with Crippen LogP contribution in [0.3, 0.4) is 0 Å². The number of amides is 2. The number of ether oxygens (including phenoxy) is 1. The first-order valence-corrected chi connectivity index (χ1v) is 19.3. The number of nitrogens with zero attached hydrogens (tertiary/aromatic N) is 1. The average Bonchev–Trinajstić information content (AvgIpc) is 3.39. The lowest BCUT2D eigenvalue weighted by Crippen LogP contribution is -2.56. The number of piperidine rings is 1. The van der Waals surface area contributed by atoms with Crippen molar-refractivity contribution in [3.05, 3.63) is 108 Å². The molecule has 2 unspecified atom stereocenters. The molecule has 4 N–H and O–H groups in total. The maximum Gasteiger partial charge on any atom is 0.316 e. The van der Waals surface area contributed by atoms with E-state index >= 15 is 0 Å². The summed E-state index contributed by atoms with van der Waals surface area (Å²) in [5, 5.41) is 28.8. The predicted octanol–water partition coefficient (Wildman–Crippen LogP) is 6.90. The fourth-order valence-corrected chi connectivity index (χ4v) is 9.00. The van der Waals surface area contributed by atoms with Gasteiger partial charge in [-0.3, -0.25) is 9.69 Å². The van der Waals surface area contributed by atoms with Crippen LogP contribution in [0.25, 0.3) is 0 Å². The highest BCUT2D eigenvalue weighted by Gasteiger charge is 2.43. The van der Waals surface area contributed by atoms with Crippen LogP contribution in [0.1, 0.15) is 101 Å². The van der Waals surface area contributed by atoms with E-state index < -0.39 is 17.6 Å². The first-order valence-electron chi connectivity index (χ1n) is 19.3. The Kier molecular flexibility index (Phi) is 12.5. The number of esters is 1. The second kappa shape index (κ2) is 17.2. The van der Waals surface area contributed by atoms with Gasteiger partial charge in [-0.25, -0.2) is 4.79 Å². The maximum atomic E-state index is 13.5. The zero-order valence-corrected chi connectivity index (χ0v) is 30.3. The highest BCUT2D eigenvalue weighted by molar-refractivity contribution is 5.78. The Morgan fingerprint density at radius 3 is 1.90 bits per heavy atom. The van der Waals surface area contributed by atoms with E-state index in [1.165, 1.54) is 0 Å². The lowest BCUT2D eigenvalue weighted by molar-refractivity contribution is -0.155. The summed E-state index contributed by atoms with van der Waals surface area (Å²) in [5.74, 6) is -0.0591. The van der Waals surface area contributed by atoms with Gasteiger partial charge < -0.3 is 25.6 Å². The summed E-state index contributed by atoms with van der Waals surface area (Å²) < 4.78 is 5.99. The number of fused-ring (bicyclic) bond motifs is 2. The van der Waals surface area contributed by atoms with Gasteiger partial charge in [0.05, 0.1) is 12.6 Å². The number of hydrogen-bond donors (Lipinski definition) is 4. The van der Waals surface area contributed by atoms with Gasteiger partial charge in [0.1, 0.15) is 17.6 Å². The summed E-state index contributed by atoms with van der Waals surface area (Å²) in [5.41, 5.74) is 0.950. The quantitative estimate of drug-likeness (QED) is 0.137. The van der Waals surface area contributed by atoms with Crippen LogP contribution in [0, 0.1) is 11.8 Å². The highest BCUT2D eigenvalue weighted by Crippen LogP contribution is 2.39. The fraction of sp³-hybridized carbons (Fsp3) is 0.535. The van der Waals surface area contributed by atoms with Gasteiger partial charge in [-0.05, 0) is 86.4 Å². The summed E-state index contributed by atoms with van der Waals surface area (Å²) in [4.78, 5) is 29.2. The molecule has 1 saturated carbocycles. The molecule has 0 radical (unpaired) electrons. The van der Waals surface area contributed by atoms with Gasteiger partial charge >= 0.3 is 12.0 Å². The molecule has 1 aliphatic carbocycles. The Labute approximate surface area is 304 Å². The monoisotopic (exact) mass is 695 g/mol. The minimum Gasteiger partial charge on any atom is -0.462 e. The second-order valence-electron chi connectivity index (χ2n) is 15.6. The molecule has 51 heavy (non-hydrogen) atoms. The van der Waals surface area contributed by atoms with Crippen LogP contribution in [-0.4, -0.2) is 70.5 Å². The van der Waals surface area contributed by atoms with E-state index in [1.54, 1.807) is 0 Å². The standard InChI is InChI=1S/C43H57N3O5/c1-30(2)26-40(43(50,33-14-8-4-9-15-33)34-16-10-5-11-17-34)45-42(49)44-35-20-18-31(19-21-35)24-25-46-36-22-23-37(46)28-38(27-36)51-41(48)39(29-47)32-12-6-3-7-13-32/h3-17,30-31,35-40,47,50H,18-29H2,1-2H3,(H2,44,45,49)/t31?,35?,36-,37+,38?,39?,40-/m0/s1. The largest absolute Gasteiger partial charge is 0.462 e. The van der Waals surface area contributed by atoms with Gasteiger partial charge in [-0.1, -0.05) is 105 Å². The normalized spacial score (nSPS) is 24.8. The third kappa shape index (κ3) is 9.02. The molecule has 2 heterocycles. The first-order chi connectivity index (χ1) is 24.7. The lowest BCUT2D eigenvalue weighted by atomic mass is 9.77. The smallest absolute Gasteiger partial charge is 0.316 e. The molecule has 274 valence electrons. The molecule has 2 amide bonds. The Bertz CT molecular complexity index is 1480. The number of urea groups is 1. The second-order valence-corrected chi connectivity index (χ2v) is 15.6. The minimum absolute atomic E-state index is 0.0896. The van der Waals surface area contributed by atoms with Crippen LogP contribution >= 0.6 is 0 Å². The number of hydrogen-bond acceptors (Lipinski definition) is 6. The van der Waals surface area contributed by atoms with Gasteiger partial charge in [0.25, 0.3) is 0 Å². The molecule has 3 fully saturated rings. The van der Waals surface area contributed by atoms with E-state index in [9.17, 15) is 19.8 Å². The number of aliphatic hydroxyl groups excluding tert-OH is 1. The topological polar surface area (TPSA) is 111 Å². The summed E-state index contributed by atoms with van der Waals surface area (Å²) in [6.07, 6.45) is 9.78. The van der Waals surface area contributed by atoms with Crippen molar-refractivity contribution in [2.24, 2.45) is 11.8 Å². The molecule has 0 spiro atoms. The van der Waals surface area contributed by atoms with Crippen molar-refractivity contribution in [2.45, 2.75) is 120 Å². The molecule has 5 atom stereocenters. The van der Waals surface area contributed by atoms with Crippen molar-refractivity contribution in [1.82, 2.24) is 15.5 Å². The summed E-state index contributed by atoms with van der Waals surface area (Å²) in [6.45, 7) is 5.05. The van der Waals surface area contributed by atoms with Crippen LogP contribution in [0.4, 0.5) is 4.79 Å². The third-order valence-corrected chi connectivity index (χ3v) is 11.7. The van der Waals surface area contributed by atoms with Crippen molar-refractivity contribution >= 4 is 12.0 Å². The Morgan fingerprint density at radius 2 is 1.37 bits per heavy atom. The van der Waals surface area contributed by atoms with Crippen LogP contribution in [0.5, 0.6) is 0 Å².